The molecule has 3 N–H and O–H groups in total. The zero-order chi connectivity index (χ0) is 11.4. The van der Waals surface area contributed by atoms with Crippen molar-refractivity contribution in [2.45, 2.75) is 0 Å². The molecular weight excluding hydrogens is 265 g/mol. The second-order valence-electron chi connectivity index (χ2n) is 2.77. The van der Waals surface area contributed by atoms with Gasteiger partial charge in [0.1, 0.15) is 5.82 Å². The maximum Gasteiger partial charge on any atom is 0.175 e. The first-order chi connectivity index (χ1) is 7.11. The Bertz CT molecular complexity index is 393. The van der Waals surface area contributed by atoms with Crippen LogP contribution in [0.3, 0.4) is 0 Å². The highest BCUT2D eigenvalue weighted by molar-refractivity contribution is 9.10. The second kappa shape index (κ2) is 5.14. The first kappa shape index (κ1) is 12.0. The number of nitrogens with two attached hydrogens (primary N) is 1. The molecule has 0 aliphatic heterocycles. The summed E-state index contributed by atoms with van der Waals surface area (Å²) in [5, 5.41) is 9.69. The highest BCUT2D eigenvalue weighted by atomic mass is 79.9. The van der Waals surface area contributed by atoms with Crippen molar-refractivity contribution in [3.63, 3.8) is 0 Å². The van der Waals surface area contributed by atoms with E-state index in [1.165, 1.54) is 19.3 Å². The first-order valence-electron chi connectivity index (χ1n) is 4.23. The van der Waals surface area contributed by atoms with Crippen LogP contribution >= 0.6 is 15.9 Å². The summed E-state index contributed by atoms with van der Waals surface area (Å²) >= 11 is 3.09. The first-order valence-corrected chi connectivity index (χ1v) is 5.02. The second-order valence-corrected chi connectivity index (χ2v) is 3.63. The molecule has 0 unspecified atom stereocenters. The molecule has 0 atom stereocenters. The summed E-state index contributed by atoms with van der Waals surface area (Å²) in [6.45, 7) is 0.275. The average Bonchev–Trinajstić information content (AvgIpc) is 2.17. The minimum Gasteiger partial charge on any atom is -0.504 e. The molecule has 1 aromatic rings. The number of aromatic hydroxyl groups is 1. The molecule has 1 rings (SSSR count). The molecule has 0 heterocycles. The van der Waals surface area contributed by atoms with Gasteiger partial charge >= 0.3 is 0 Å². The lowest BCUT2D eigenvalue weighted by Crippen LogP contribution is -1.94. The number of hydrogen-bond donors (Lipinski definition) is 2. The lowest BCUT2D eigenvalue weighted by molar-refractivity contribution is 0.368. The normalized spacial score (nSPS) is 10.9. The number of hydrogen-bond acceptors (Lipinski definition) is 3. The third-order valence-corrected chi connectivity index (χ3v) is 2.41. The predicted octanol–water partition coefficient (Wildman–Crippen LogP) is 2.27. The van der Waals surface area contributed by atoms with Gasteiger partial charge in [0.15, 0.2) is 11.5 Å². The Morgan fingerprint density at radius 1 is 1.67 bits per heavy atom. The molecule has 82 valence electrons. The minimum absolute atomic E-state index is 0.0699. The lowest BCUT2D eigenvalue weighted by atomic mass is 10.1. The molecule has 0 bridgehead atoms. The number of halogens is 2. The summed E-state index contributed by atoms with van der Waals surface area (Å²) < 4.78 is 18.7. The summed E-state index contributed by atoms with van der Waals surface area (Å²) in [5.74, 6) is -0.577. The van der Waals surface area contributed by atoms with E-state index in [9.17, 15) is 9.50 Å². The van der Waals surface area contributed by atoms with Crippen molar-refractivity contribution in [3.05, 3.63) is 28.0 Å². The molecule has 1 aromatic carbocycles. The number of rotatable bonds is 3. The summed E-state index contributed by atoms with van der Waals surface area (Å²) in [7, 11) is 1.40. The monoisotopic (exact) mass is 275 g/mol. The molecule has 0 spiro atoms. The van der Waals surface area contributed by atoms with Crippen LogP contribution in [0.4, 0.5) is 4.39 Å². The van der Waals surface area contributed by atoms with Crippen molar-refractivity contribution < 1.29 is 14.2 Å². The summed E-state index contributed by atoms with van der Waals surface area (Å²) in [5.41, 5.74) is 5.32. The van der Waals surface area contributed by atoms with Gasteiger partial charge in [-0.3, -0.25) is 0 Å². The maximum absolute atomic E-state index is 13.4. The highest BCUT2D eigenvalue weighted by Gasteiger charge is 2.15. The van der Waals surface area contributed by atoms with Crippen LogP contribution < -0.4 is 10.5 Å². The molecule has 0 radical (unpaired) electrons. The predicted molar refractivity (Wildman–Crippen MR) is 60.4 cm³/mol. The topological polar surface area (TPSA) is 55.5 Å². The highest BCUT2D eigenvalue weighted by Crippen LogP contribution is 2.39. The minimum atomic E-state index is -0.537. The van der Waals surface area contributed by atoms with Crippen LogP contribution in [0.25, 0.3) is 6.08 Å². The van der Waals surface area contributed by atoms with Crippen LogP contribution in [0.15, 0.2) is 16.6 Å². The Morgan fingerprint density at radius 2 is 2.33 bits per heavy atom. The van der Waals surface area contributed by atoms with Gasteiger partial charge in [0.05, 0.1) is 17.1 Å². The van der Waals surface area contributed by atoms with E-state index >= 15 is 0 Å². The van der Waals surface area contributed by atoms with Crippen molar-refractivity contribution in [1.82, 2.24) is 0 Å². The third-order valence-electron chi connectivity index (χ3n) is 1.82. The van der Waals surface area contributed by atoms with E-state index in [4.69, 9.17) is 10.5 Å². The standard InChI is InChI=1S/C10H11BrFNO2/c1-15-10-7(11)5-8(12)6(9(10)14)3-2-4-13/h2-3,5,14H,4,13H2,1H3/b3-2+. The summed E-state index contributed by atoms with van der Waals surface area (Å²) in [4.78, 5) is 0. The Labute approximate surface area is 95.5 Å². The fraction of sp³-hybridized carbons (Fsp3) is 0.200. The number of phenols is 1. The Kier molecular flexibility index (Phi) is 4.11. The molecule has 5 heteroatoms. The van der Waals surface area contributed by atoms with Crippen LogP contribution in [0.5, 0.6) is 11.5 Å². The summed E-state index contributed by atoms with van der Waals surface area (Å²) in [6, 6.07) is 1.23. The van der Waals surface area contributed by atoms with Crippen LogP contribution in [0.2, 0.25) is 0 Å². The third kappa shape index (κ3) is 2.49. The van der Waals surface area contributed by atoms with Gasteiger partial charge in [-0.05, 0) is 22.0 Å². The Balaban J connectivity index is 3.32. The van der Waals surface area contributed by atoms with E-state index in [-0.39, 0.29) is 23.6 Å². The fourth-order valence-corrected chi connectivity index (χ4v) is 1.69. The van der Waals surface area contributed by atoms with Crippen molar-refractivity contribution in [1.29, 1.82) is 0 Å². The van der Waals surface area contributed by atoms with Gasteiger partial charge in [0.25, 0.3) is 0 Å². The van der Waals surface area contributed by atoms with E-state index in [1.807, 2.05) is 0 Å². The molecule has 0 saturated carbocycles. The van der Waals surface area contributed by atoms with Crippen LogP contribution in [-0.4, -0.2) is 18.8 Å². The van der Waals surface area contributed by atoms with Gasteiger partial charge in [0, 0.05) is 6.54 Å². The van der Waals surface area contributed by atoms with E-state index in [2.05, 4.69) is 15.9 Å². The van der Waals surface area contributed by atoms with E-state index in [0.717, 1.165) is 0 Å². The van der Waals surface area contributed by atoms with Crippen LogP contribution in [0.1, 0.15) is 5.56 Å². The molecule has 3 nitrogen and oxygen atoms in total. The van der Waals surface area contributed by atoms with Gasteiger partial charge in [-0.15, -0.1) is 0 Å². The molecule has 0 aromatic heterocycles. The SMILES string of the molecule is COc1c(Br)cc(F)c(/C=C/CN)c1O. The number of benzene rings is 1. The molecular formula is C10H11BrFNO2. The molecule has 0 fully saturated rings. The number of ether oxygens (including phenoxy) is 1. The van der Waals surface area contributed by atoms with Gasteiger partial charge in [0.2, 0.25) is 0 Å². The van der Waals surface area contributed by atoms with E-state index in [0.29, 0.717) is 4.47 Å². The zero-order valence-electron chi connectivity index (χ0n) is 8.13. The molecule has 0 saturated heterocycles. The fourth-order valence-electron chi connectivity index (χ4n) is 1.14. The number of methoxy groups -OCH3 is 1. The molecule has 0 aliphatic carbocycles. The number of phenolic OH excluding ortho intramolecular Hbond substituents is 1. The van der Waals surface area contributed by atoms with Gasteiger partial charge < -0.3 is 15.6 Å². The van der Waals surface area contributed by atoms with Crippen molar-refractivity contribution in [2.75, 3.05) is 13.7 Å². The van der Waals surface area contributed by atoms with Gasteiger partial charge in [-0.1, -0.05) is 12.2 Å². The van der Waals surface area contributed by atoms with Gasteiger partial charge in [-0.25, -0.2) is 4.39 Å². The molecule has 0 aliphatic rings. The van der Waals surface area contributed by atoms with Crippen LogP contribution in [0, 0.1) is 5.82 Å². The smallest absolute Gasteiger partial charge is 0.175 e. The zero-order valence-corrected chi connectivity index (χ0v) is 9.71. The average molecular weight is 276 g/mol. The lowest BCUT2D eigenvalue weighted by Gasteiger charge is -2.09. The van der Waals surface area contributed by atoms with Crippen LogP contribution in [-0.2, 0) is 0 Å². The van der Waals surface area contributed by atoms with Crippen molar-refractivity contribution in [3.8, 4) is 11.5 Å². The maximum atomic E-state index is 13.4. The van der Waals surface area contributed by atoms with E-state index < -0.39 is 5.82 Å². The van der Waals surface area contributed by atoms with Gasteiger partial charge in [-0.2, -0.15) is 0 Å². The van der Waals surface area contributed by atoms with E-state index in [1.54, 1.807) is 6.08 Å². The van der Waals surface area contributed by atoms with Crippen molar-refractivity contribution >= 4 is 22.0 Å². The Morgan fingerprint density at radius 3 is 2.87 bits per heavy atom. The molecule has 0 amide bonds. The molecule has 15 heavy (non-hydrogen) atoms. The van der Waals surface area contributed by atoms with Crippen molar-refractivity contribution in [2.24, 2.45) is 5.73 Å². The summed E-state index contributed by atoms with van der Waals surface area (Å²) in [6.07, 6.45) is 2.96. The largest absolute Gasteiger partial charge is 0.504 e. The quantitative estimate of drug-likeness (QED) is 0.890. The Hall–Kier alpha value is -1.07.